The second-order valence-corrected chi connectivity index (χ2v) is 4.43. The van der Waals surface area contributed by atoms with Crippen LogP contribution < -0.4 is 5.73 Å². The van der Waals surface area contributed by atoms with E-state index in [1.807, 2.05) is 36.4 Å². The number of para-hydroxylation sites is 1. The first-order valence-corrected chi connectivity index (χ1v) is 6.23. The number of nitrogen functional groups attached to an aromatic ring is 1. The summed E-state index contributed by atoms with van der Waals surface area (Å²) in [4.78, 5) is 0. The molecule has 0 heterocycles. The standard InChI is InChI=1S/C16H19NO/c1-13-6-2-3-8-15(13)12-18-11-10-14-7-4-5-9-16(14)17/h2-9H,10-12,17H2,1H3. The number of anilines is 1. The van der Waals surface area contributed by atoms with Crippen molar-refractivity contribution in [3.63, 3.8) is 0 Å². The molecule has 0 aliphatic carbocycles. The summed E-state index contributed by atoms with van der Waals surface area (Å²) in [7, 11) is 0. The average Bonchev–Trinajstić information content (AvgIpc) is 2.38. The van der Waals surface area contributed by atoms with Crippen molar-refractivity contribution in [2.45, 2.75) is 20.0 Å². The van der Waals surface area contributed by atoms with Crippen molar-refractivity contribution in [2.75, 3.05) is 12.3 Å². The first-order chi connectivity index (χ1) is 8.77. The molecule has 0 radical (unpaired) electrons. The van der Waals surface area contributed by atoms with Crippen LogP contribution in [0.15, 0.2) is 48.5 Å². The predicted octanol–water partition coefficient (Wildman–Crippen LogP) is 3.34. The molecule has 0 fully saturated rings. The Morgan fingerprint density at radius 3 is 2.33 bits per heavy atom. The van der Waals surface area contributed by atoms with Gasteiger partial charge in [-0.25, -0.2) is 0 Å². The Hall–Kier alpha value is -1.80. The summed E-state index contributed by atoms with van der Waals surface area (Å²) in [6.07, 6.45) is 0.860. The second-order valence-electron chi connectivity index (χ2n) is 4.43. The fourth-order valence-corrected chi connectivity index (χ4v) is 1.90. The first-order valence-electron chi connectivity index (χ1n) is 6.23. The molecule has 0 saturated carbocycles. The molecule has 2 aromatic carbocycles. The summed E-state index contributed by atoms with van der Waals surface area (Å²) in [5.41, 5.74) is 10.4. The third-order valence-electron chi connectivity index (χ3n) is 3.09. The highest BCUT2D eigenvalue weighted by atomic mass is 16.5. The minimum absolute atomic E-state index is 0.666. The smallest absolute Gasteiger partial charge is 0.0719 e. The molecule has 18 heavy (non-hydrogen) atoms. The zero-order valence-electron chi connectivity index (χ0n) is 10.7. The van der Waals surface area contributed by atoms with Crippen LogP contribution in [0.5, 0.6) is 0 Å². The molecule has 2 N–H and O–H groups in total. The minimum Gasteiger partial charge on any atom is -0.399 e. The third kappa shape index (κ3) is 3.34. The summed E-state index contributed by atoms with van der Waals surface area (Å²) in [5.74, 6) is 0. The van der Waals surface area contributed by atoms with Gasteiger partial charge in [0, 0.05) is 5.69 Å². The lowest BCUT2D eigenvalue weighted by atomic mass is 10.1. The maximum atomic E-state index is 5.88. The van der Waals surface area contributed by atoms with Crippen LogP contribution in [-0.4, -0.2) is 6.61 Å². The van der Waals surface area contributed by atoms with Gasteiger partial charge in [0.25, 0.3) is 0 Å². The Kier molecular flexibility index (Phi) is 4.37. The molecule has 2 nitrogen and oxygen atoms in total. The quantitative estimate of drug-likeness (QED) is 0.643. The highest BCUT2D eigenvalue weighted by Gasteiger charge is 1.99. The van der Waals surface area contributed by atoms with E-state index in [-0.39, 0.29) is 0 Å². The summed E-state index contributed by atoms with van der Waals surface area (Å²) in [5, 5.41) is 0. The van der Waals surface area contributed by atoms with E-state index in [9.17, 15) is 0 Å². The van der Waals surface area contributed by atoms with Crippen LogP contribution in [0, 0.1) is 6.92 Å². The number of hydrogen-bond donors (Lipinski definition) is 1. The van der Waals surface area contributed by atoms with Gasteiger partial charge < -0.3 is 10.5 Å². The van der Waals surface area contributed by atoms with Crippen molar-refractivity contribution in [1.29, 1.82) is 0 Å². The molecule has 0 aromatic heterocycles. The van der Waals surface area contributed by atoms with Crippen molar-refractivity contribution in [2.24, 2.45) is 0 Å². The second kappa shape index (κ2) is 6.22. The van der Waals surface area contributed by atoms with Gasteiger partial charge in [-0.3, -0.25) is 0 Å². The number of benzene rings is 2. The first kappa shape index (κ1) is 12.7. The average molecular weight is 241 g/mol. The highest BCUT2D eigenvalue weighted by Crippen LogP contribution is 2.12. The van der Waals surface area contributed by atoms with Gasteiger partial charge in [0.1, 0.15) is 0 Å². The van der Waals surface area contributed by atoms with Gasteiger partial charge in [-0.2, -0.15) is 0 Å². The van der Waals surface area contributed by atoms with E-state index < -0.39 is 0 Å². The maximum Gasteiger partial charge on any atom is 0.0719 e. The lowest BCUT2D eigenvalue weighted by Crippen LogP contribution is -2.02. The summed E-state index contributed by atoms with van der Waals surface area (Å²) < 4.78 is 5.70. The number of hydrogen-bond acceptors (Lipinski definition) is 2. The van der Waals surface area contributed by atoms with E-state index in [1.165, 1.54) is 11.1 Å². The minimum atomic E-state index is 0.666. The Bertz CT molecular complexity index is 460. The van der Waals surface area contributed by atoms with Crippen LogP contribution in [0.3, 0.4) is 0 Å². The van der Waals surface area contributed by atoms with Crippen molar-refractivity contribution < 1.29 is 4.74 Å². The number of rotatable bonds is 5. The van der Waals surface area contributed by atoms with Gasteiger partial charge >= 0.3 is 0 Å². The summed E-state index contributed by atoms with van der Waals surface area (Å²) in [6.45, 7) is 3.47. The predicted molar refractivity (Wildman–Crippen MR) is 75.4 cm³/mol. The zero-order valence-corrected chi connectivity index (χ0v) is 10.7. The Labute approximate surface area is 108 Å². The van der Waals surface area contributed by atoms with Crippen LogP contribution in [-0.2, 0) is 17.8 Å². The van der Waals surface area contributed by atoms with Crippen molar-refractivity contribution >= 4 is 5.69 Å². The molecule has 0 saturated heterocycles. The van der Waals surface area contributed by atoms with Gasteiger partial charge in [0.2, 0.25) is 0 Å². The van der Waals surface area contributed by atoms with E-state index in [4.69, 9.17) is 10.5 Å². The topological polar surface area (TPSA) is 35.2 Å². The van der Waals surface area contributed by atoms with Crippen LogP contribution >= 0.6 is 0 Å². The zero-order chi connectivity index (χ0) is 12.8. The fourth-order valence-electron chi connectivity index (χ4n) is 1.90. The van der Waals surface area contributed by atoms with E-state index in [2.05, 4.69) is 19.1 Å². The van der Waals surface area contributed by atoms with Gasteiger partial charge in [0.05, 0.1) is 13.2 Å². The number of nitrogens with two attached hydrogens (primary N) is 1. The largest absolute Gasteiger partial charge is 0.399 e. The van der Waals surface area contributed by atoms with Gasteiger partial charge in [-0.15, -0.1) is 0 Å². The summed E-state index contributed by atoms with van der Waals surface area (Å²) in [6, 6.07) is 16.2. The monoisotopic (exact) mass is 241 g/mol. The lowest BCUT2D eigenvalue weighted by Gasteiger charge is -2.08. The molecule has 0 bridgehead atoms. The normalized spacial score (nSPS) is 10.5. The number of ether oxygens (including phenoxy) is 1. The maximum absolute atomic E-state index is 5.88. The molecule has 94 valence electrons. The van der Waals surface area contributed by atoms with Crippen molar-refractivity contribution in [1.82, 2.24) is 0 Å². The Morgan fingerprint density at radius 1 is 0.944 bits per heavy atom. The van der Waals surface area contributed by atoms with E-state index >= 15 is 0 Å². The highest BCUT2D eigenvalue weighted by molar-refractivity contribution is 5.46. The Balaban J connectivity index is 1.80. The molecule has 0 atom stereocenters. The Morgan fingerprint density at radius 2 is 1.61 bits per heavy atom. The van der Waals surface area contributed by atoms with E-state index in [0.717, 1.165) is 17.7 Å². The summed E-state index contributed by atoms with van der Waals surface area (Å²) >= 11 is 0. The van der Waals surface area contributed by atoms with E-state index in [0.29, 0.717) is 13.2 Å². The van der Waals surface area contributed by atoms with Crippen LogP contribution in [0.1, 0.15) is 16.7 Å². The molecule has 2 rings (SSSR count). The molecular formula is C16H19NO. The van der Waals surface area contributed by atoms with Gasteiger partial charge in [-0.1, -0.05) is 42.5 Å². The van der Waals surface area contributed by atoms with E-state index in [1.54, 1.807) is 0 Å². The number of aryl methyl sites for hydroxylation is 1. The fraction of sp³-hybridized carbons (Fsp3) is 0.250. The van der Waals surface area contributed by atoms with Gasteiger partial charge in [0.15, 0.2) is 0 Å². The van der Waals surface area contributed by atoms with Crippen LogP contribution in [0.2, 0.25) is 0 Å². The molecule has 2 aromatic rings. The van der Waals surface area contributed by atoms with Crippen molar-refractivity contribution in [3.05, 3.63) is 65.2 Å². The molecule has 0 aliphatic heterocycles. The van der Waals surface area contributed by atoms with Crippen LogP contribution in [0.4, 0.5) is 5.69 Å². The molecule has 0 aliphatic rings. The molecule has 2 heteroatoms. The van der Waals surface area contributed by atoms with Crippen LogP contribution in [0.25, 0.3) is 0 Å². The lowest BCUT2D eigenvalue weighted by molar-refractivity contribution is 0.123. The molecule has 0 spiro atoms. The third-order valence-corrected chi connectivity index (χ3v) is 3.09. The van der Waals surface area contributed by atoms with Crippen molar-refractivity contribution in [3.8, 4) is 0 Å². The molecule has 0 unspecified atom stereocenters. The molecule has 0 amide bonds. The van der Waals surface area contributed by atoms with Gasteiger partial charge in [-0.05, 0) is 36.1 Å². The SMILES string of the molecule is Cc1ccccc1COCCc1ccccc1N. The molecular weight excluding hydrogens is 222 g/mol.